The number of aromatic nitrogens is 7. The maximum absolute atomic E-state index is 15.1. The third-order valence-electron chi connectivity index (χ3n) is 6.50. The van der Waals surface area contributed by atoms with Crippen molar-refractivity contribution < 1.29 is 22.3 Å². The second-order valence-electron chi connectivity index (χ2n) is 9.20. The molecule has 194 valence electrons. The van der Waals surface area contributed by atoms with Crippen LogP contribution in [0.15, 0.2) is 49.1 Å². The molecule has 0 N–H and O–H groups in total. The van der Waals surface area contributed by atoms with Crippen LogP contribution in [0.4, 0.5) is 17.6 Å². The first-order chi connectivity index (χ1) is 18.2. The molecule has 0 saturated heterocycles. The van der Waals surface area contributed by atoms with E-state index in [1.807, 2.05) is 12.1 Å². The largest absolute Gasteiger partial charge is 0.480 e. The fraction of sp³-hybridized carbons (Fsp3) is 0.269. The molecule has 0 bridgehead atoms. The van der Waals surface area contributed by atoms with E-state index in [9.17, 15) is 13.2 Å². The lowest BCUT2D eigenvalue weighted by atomic mass is 10.0. The molecule has 8 nitrogen and oxygen atoms in total. The van der Waals surface area contributed by atoms with Gasteiger partial charge in [0.2, 0.25) is 5.88 Å². The summed E-state index contributed by atoms with van der Waals surface area (Å²) in [5.41, 5.74) is 2.42. The van der Waals surface area contributed by atoms with Crippen LogP contribution in [0.5, 0.6) is 5.88 Å². The van der Waals surface area contributed by atoms with Crippen LogP contribution >= 0.6 is 0 Å². The fourth-order valence-corrected chi connectivity index (χ4v) is 4.54. The molecule has 0 spiro atoms. The molecule has 38 heavy (non-hydrogen) atoms. The Morgan fingerprint density at radius 3 is 2.61 bits per heavy atom. The van der Waals surface area contributed by atoms with E-state index in [1.54, 1.807) is 16.8 Å². The van der Waals surface area contributed by atoms with Gasteiger partial charge in [0.05, 0.1) is 18.4 Å². The van der Waals surface area contributed by atoms with Crippen LogP contribution in [0.1, 0.15) is 41.3 Å². The number of imidazole rings is 1. The zero-order chi connectivity index (χ0) is 26.6. The normalized spacial score (nSPS) is 13.8. The Balaban J connectivity index is 1.34. The smallest absolute Gasteiger partial charge is 0.434 e. The molecule has 6 rings (SSSR count). The van der Waals surface area contributed by atoms with Crippen molar-refractivity contribution in [1.29, 1.82) is 0 Å². The van der Waals surface area contributed by atoms with E-state index in [-0.39, 0.29) is 11.4 Å². The molecule has 0 radical (unpaired) electrons. The number of methoxy groups -OCH3 is 1. The van der Waals surface area contributed by atoms with Gasteiger partial charge in [0.25, 0.3) is 0 Å². The van der Waals surface area contributed by atoms with Gasteiger partial charge in [-0.1, -0.05) is 12.1 Å². The van der Waals surface area contributed by atoms with Crippen LogP contribution in [0, 0.1) is 5.82 Å². The third kappa shape index (κ3) is 4.25. The van der Waals surface area contributed by atoms with Gasteiger partial charge in [0.15, 0.2) is 17.2 Å². The van der Waals surface area contributed by atoms with Crippen LogP contribution in [0.3, 0.4) is 0 Å². The van der Waals surface area contributed by atoms with Gasteiger partial charge in [-0.2, -0.15) is 13.2 Å². The van der Waals surface area contributed by atoms with E-state index in [2.05, 4.69) is 20.1 Å². The molecule has 1 fully saturated rings. The highest BCUT2D eigenvalue weighted by Crippen LogP contribution is 2.45. The first kappa shape index (κ1) is 24.0. The average molecular weight is 523 g/mol. The summed E-state index contributed by atoms with van der Waals surface area (Å²) < 4.78 is 62.5. The fourth-order valence-electron chi connectivity index (χ4n) is 4.54. The lowest BCUT2D eigenvalue weighted by molar-refractivity contribution is -0.140. The molecular weight excluding hydrogens is 502 g/mol. The lowest BCUT2D eigenvalue weighted by Crippen LogP contribution is -2.05. The summed E-state index contributed by atoms with van der Waals surface area (Å²) in [6, 6.07) is 8.10. The summed E-state index contributed by atoms with van der Waals surface area (Å²) in [6.07, 6.45) is 1.86. The standard InChI is InChI=1S/C26H21F4N7O/c1-36-12-19(26(28,29)30)33-24(36)17-8-5-14(11-18(17)27)10-16-4-3-9-37-23(16)34-22(35-37)20-21(15-6-7-15)31-13-32-25(20)38-2/h3-5,8-9,11-13,15H,6-7,10H2,1-2H3. The molecule has 5 aromatic rings. The summed E-state index contributed by atoms with van der Waals surface area (Å²) in [5, 5.41) is 4.64. The van der Waals surface area contributed by atoms with Crippen LogP contribution in [0.25, 0.3) is 28.4 Å². The molecule has 1 aromatic carbocycles. The molecular formula is C26H21F4N7O. The number of hydrogen-bond donors (Lipinski definition) is 0. The van der Waals surface area contributed by atoms with E-state index < -0.39 is 17.7 Å². The minimum atomic E-state index is -4.61. The number of halogens is 4. The molecule has 0 unspecified atom stereocenters. The number of nitrogens with zero attached hydrogens (tertiary/aromatic N) is 7. The number of alkyl halides is 3. The van der Waals surface area contributed by atoms with E-state index >= 15 is 4.39 Å². The lowest BCUT2D eigenvalue weighted by Gasteiger charge is -2.08. The van der Waals surface area contributed by atoms with Gasteiger partial charge in [0, 0.05) is 37.3 Å². The number of pyridine rings is 1. The van der Waals surface area contributed by atoms with Crippen molar-refractivity contribution in [3.8, 4) is 28.7 Å². The molecule has 4 heterocycles. The van der Waals surface area contributed by atoms with E-state index in [1.165, 1.54) is 32.6 Å². The molecule has 0 atom stereocenters. The van der Waals surface area contributed by atoms with Crippen molar-refractivity contribution in [2.75, 3.05) is 7.11 Å². The third-order valence-corrected chi connectivity index (χ3v) is 6.50. The maximum atomic E-state index is 15.1. The van der Waals surface area contributed by atoms with Crippen molar-refractivity contribution in [3.05, 3.63) is 77.4 Å². The maximum Gasteiger partial charge on any atom is 0.434 e. The highest BCUT2D eigenvalue weighted by atomic mass is 19.4. The first-order valence-corrected chi connectivity index (χ1v) is 11.9. The zero-order valence-corrected chi connectivity index (χ0v) is 20.4. The quantitative estimate of drug-likeness (QED) is 0.284. The Morgan fingerprint density at radius 2 is 1.92 bits per heavy atom. The van der Waals surface area contributed by atoms with Gasteiger partial charge >= 0.3 is 6.18 Å². The summed E-state index contributed by atoms with van der Waals surface area (Å²) in [7, 11) is 2.94. The zero-order valence-electron chi connectivity index (χ0n) is 20.4. The van der Waals surface area contributed by atoms with Crippen molar-refractivity contribution in [1.82, 2.24) is 34.1 Å². The number of aryl methyl sites for hydroxylation is 1. The van der Waals surface area contributed by atoms with Crippen molar-refractivity contribution in [2.45, 2.75) is 31.4 Å². The second-order valence-corrected chi connectivity index (χ2v) is 9.20. The number of hydrogen-bond acceptors (Lipinski definition) is 6. The Hall–Kier alpha value is -4.35. The van der Waals surface area contributed by atoms with Crippen molar-refractivity contribution in [3.63, 3.8) is 0 Å². The SMILES string of the molecule is COc1ncnc(C2CC2)c1-c1nc2c(Cc3ccc(-c4nc(C(F)(F)F)cn4C)c(F)c3)cccn2n1. The molecule has 1 aliphatic rings. The van der Waals surface area contributed by atoms with Gasteiger partial charge in [0.1, 0.15) is 23.5 Å². The van der Waals surface area contributed by atoms with Gasteiger partial charge in [-0.05, 0) is 36.6 Å². The predicted molar refractivity (Wildman–Crippen MR) is 129 cm³/mol. The van der Waals surface area contributed by atoms with E-state index in [0.29, 0.717) is 40.8 Å². The van der Waals surface area contributed by atoms with Gasteiger partial charge in [-0.3, -0.25) is 0 Å². The van der Waals surface area contributed by atoms with Gasteiger partial charge < -0.3 is 9.30 Å². The summed E-state index contributed by atoms with van der Waals surface area (Å²) in [4.78, 5) is 17.0. The number of fused-ring (bicyclic) bond motifs is 1. The molecule has 1 saturated carbocycles. The molecule has 12 heteroatoms. The van der Waals surface area contributed by atoms with E-state index in [0.717, 1.165) is 34.9 Å². The van der Waals surface area contributed by atoms with Crippen molar-refractivity contribution in [2.24, 2.45) is 7.05 Å². The summed E-state index contributed by atoms with van der Waals surface area (Å²) >= 11 is 0. The van der Waals surface area contributed by atoms with E-state index in [4.69, 9.17) is 9.72 Å². The van der Waals surface area contributed by atoms with Crippen LogP contribution in [0.2, 0.25) is 0 Å². The van der Waals surface area contributed by atoms with Crippen LogP contribution < -0.4 is 4.74 Å². The van der Waals surface area contributed by atoms with Gasteiger partial charge in [-0.25, -0.2) is 28.8 Å². The molecule has 0 aliphatic heterocycles. The predicted octanol–water partition coefficient (Wildman–Crippen LogP) is 5.22. The van der Waals surface area contributed by atoms with Crippen LogP contribution in [-0.2, 0) is 19.6 Å². The topological polar surface area (TPSA) is 83.0 Å². The summed E-state index contributed by atoms with van der Waals surface area (Å²) in [6.45, 7) is 0. The second kappa shape index (κ2) is 8.89. The van der Waals surface area contributed by atoms with Gasteiger partial charge in [-0.15, -0.1) is 5.10 Å². The Labute approximate surface area is 214 Å². The molecule has 1 aliphatic carbocycles. The Bertz CT molecular complexity index is 1670. The molecule has 4 aromatic heterocycles. The number of ether oxygens (including phenoxy) is 1. The Kier molecular flexibility index (Phi) is 5.62. The van der Waals surface area contributed by atoms with Crippen molar-refractivity contribution >= 4 is 5.65 Å². The monoisotopic (exact) mass is 523 g/mol. The minimum absolute atomic E-state index is 0.0153. The highest BCUT2D eigenvalue weighted by Gasteiger charge is 2.35. The minimum Gasteiger partial charge on any atom is -0.480 e. The highest BCUT2D eigenvalue weighted by molar-refractivity contribution is 5.68. The number of rotatable bonds is 6. The Morgan fingerprint density at radius 1 is 1.11 bits per heavy atom. The average Bonchev–Trinajstić information content (AvgIpc) is 3.51. The first-order valence-electron chi connectivity index (χ1n) is 11.9. The molecule has 0 amide bonds. The number of benzene rings is 1. The summed E-state index contributed by atoms with van der Waals surface area (Å²) in [5.74, 6) is 0.393. The van der Waals surface area contributed by atoms with Crippen LogP contribution in [-0.4, -0.2) is 41.2 Å².